The van der Waals surface area contributed by atoms with Gasteiger partial charge in [-0.3, -0.25) is 0 Å². The summed E-state index contributed by atoms with van der Waals surface area (Å²) in [5.41, 5.74) is 3.84. The third kappa shape index (κ3) is 3.79. The van der Waals surface area contributed by atoms with Gasteiger partial charge in [-0.15, -0.1) is 0 Å². The summed E-state index contributed by atoms with van der Waals surface area (Å²) >= 11 is 0. The average Bonchev–Trinajstić information content (AvgIpc) is 3.16. The van der Waals surface area contributed by atoms with Gasteiger partial charge in [0.1, 0.15) is 11.5 Å². The fourth-order valence-corrected chi connectivity index (χ4v) is 4.93. The second-order valence-corrected chi connectivity index (χ2v) is 8.84. The highest BCUT2D eigenvalue weighted by atomic mass is 16.5. The quantitative estimate of drug-likeness (QED) is 0.606. The number of piperazine rings is 1. The Kier molecular flexibility index (Phi) is 5.38. The summed E-state index contributed by atoms with van der Waals surface area (Å²) in [5, 5.41) is 1.24. The predicted molar refractivity (Wildman–Crippen MR) is 123 cm³/mol. The molecule has 5 nitrogen and oxygen atoms in total. The van der Waals surface area contributed by atoms with Gasteiger partial charge in [0, 0.05) is 57.1 Å². The number of ether oxygens (including phenoxy) is 1. The van der Waals surface area contributed by atoms with Crippen LogP contribution in [0.25, 0.3) is 11.0 Å². The smallest absolute Gasteiger partial charge is 0.142 e. The maximum absolute atomic E-state index is 5.42. The Bertz CT molecular complexity index is 999. The number of hydrogen-bond donors (Lipinski definition) is 0. The minimum absolute atomic E-state index is 0.486. The van der Waals surface area contributed by atoms with Crippen LogP contribution in [0.2, 0.25) is 0 Å². The van der Waals surface area contributed by atoms with Gasteiger partial charge in [-0.05, 0) is 61.9 Å². The molecule has 3 aromatic rings. The predicted octanol–water partition coefficient (Wildman–Crippen LogP) is 4.49. The zero-order valence-electron chi connectivity index (χ0n) is 18.1. The van der Waals surface area contributed by atoms with E-state index in [4.69, 9.17) is 9.72 Å². The Hall–Kier alpha value is -2.53. The SMILES string of the molecule is COC1CC(CCn2ccc3ccc(N4CCN(c5ccccc5C)CC4)nc32)C1. The highest BCUT2D eigenvalue weighted by molar-refractivity contribution is 5.78. The van der Waals surface area contributed by atoms with Crippen LogP contribution in [-0.2, 0) is 11.3 Å². The Morgan fingerprint density at radius 3 is 2.50 bits per heavy atom. The zero-order chi connectivity index (χ0) is 20.5. The summed E-state index contributed by atoms with van der Waals surface area (Å²) in [5.74, 6) is 1.90. The molecule has 0 atom stereocenters. The third-order valence-electron chi connectivity index (χ3n) is 6.96. The Labute approximate surface area is 179 Å². The van der Waals surface area contributed by atoms with Crippen LogP contribution in [-0.4, -0.2) is 48.9 Å². The van der Waals surface area contributed by atoms with Crippen molar-refractivity contribution in [2.75, 3.05) is 43.1 Å². The molecule has 3 heterocycles. The first-order chi connectivity index (χ1) is 14.7. The van der Waals surface area contributed by atoms with E-state index in [-0.39, 0.29) is 0 Å². The van der Waals surface area contributed by atoms with Gasteiger partial charge in [-0.1, -0.05) is 18.2 Å². The molecule has 2 fully saturated rings. The van der Waals surface area contributed by atoms with Crippen molar-refractivity contribution in [1.82, 2.24) is 9.55 Å². The van der Waals surface area contributed by atoms with Crippen LogP contribution in [0.15, 0.2) is 48.7 Å². The van der Waals surface area contributed by atoms with Crippen molar-refractivity contribution >= 4 is 22.5 Å². The van der Waals surface area contributed by atoms with Gasteiger partial charge in [0.05, 0.1) is 6.10 Å². The van der Waals surface area contributed by atoms with Gasteiger partial charge in [0.15, 0.2) is 0 Å². The average molecular weight is 405 g/mol. The van der Waals surface area contributed by atoms with Gasteiger partial charge < -0.3 is 19.1 Å². The molecule has 1 aromatic carbocycles. The van der Waals surface area contributed by atoms with Gasteiger partial charge >= 0.3 is 0 Å². The molecule has 0 unspecified atom stereocenters. The van der Waals surface area contributed by atoms with Crippen LogP contribution in [0.4, 0.5) is 11.5 Å². The van der Waals surface area contributed by atoms with E-state index in [1.807, 2.05) is 7.11 Å². The summed E-state index contributed by atoms with van der Waals surface area (Å²) in [6, 6.07) is 15.3. The molecule has 0 N–H and O–H groups in total. The van der Waals surface area contributed by atoms with E-state index in [0.29, 0.717) is 6.10 Å². The lowest BCUT2D eigenvalue weighted by Gasteiger charge is -2.37. The molecular formula is C25H32N4O. The number of nitrogens with zero attached hydrogens (tertiary/aromatic N) is 4. The molecule has 5 heteroatoms. The van der Waals surface area contributed by atoms with Crippen molar-refractivity contribution in [1.29, 1.82) is 0 Å². The molecular weight excluding hydrogens is 372 g/mol. The highest BCUT2D eigenvalue weighted by Crippen LogP contribution is 2.33. The molecule has 2 aromatic heterocycles. The minimum atomic E-state index is 0.486. The molecule has 1 aliphatic heterocycles. The summed E-state index contributed by atoms with van der Waals surface area (Å²) < 4.78 is 7.76. The van der Waals surface area contributed by atoms with Crippen molar-refractivity contribution < 1.29 is 4.74 Å². The van der Waals surface area contributed by atoms with Crippen LogP contribution in [0.1, 0.15) is 24.8 Å². The van der Waals surface area contributed by atoms with E-state index in [1.54, 1.807) is 0 Å². The van der Waals surface area contributed by atoms with Crippen LogP contribution in [0, 0.1) is 12.8 Å². The van der Waals surface area contributed by atoms with Crippen molar-refractivity contribution in [2.24, 2.45) is 5.92 Å². The fourth-order valence-electron chi connectivity index (χ4n) is 4.93. The second kappa shape index (κ2) is 8.31. The van der Waals surface area contributed by atoms with Gasteiger partial charge in [0.2, 0.25) is 0 Å². The van der Waals surface area contributed by atoms with Crippen LogP contribution in [0.3, 0.4) is 0 Å². The number of fused-ring (bicyclic) bond motifs is 1. The van der Waals surface area contributed by atoms with E-state index in [1.165, 1.54) is 35.9 Å². The number of para-hydroxylation sites is 1. The lowest BCUT2D eigenvalue weighted by Crippen LogP contribution is -2.47. The van der Waals surface area contributed by atoms with Crippen LogP contribution < -0.4 is 9.80 Å². The van der Waals surface area contributed by atoms with E-state index < -0.39 is 0 Å². The van der Waals surface area contributed by atoms with Crippen molar-refractivity contribution in [3.63, 3.8) is 0 Å². The van der Waals surface area contributed by atoms with Crippen LogP contribution in [0.5, 0.6) is 0 Å². The Balaban J connectivity index is 1.25. The van der Waals surface area contributed by atoms with Crippen molar-refractivity contribution in [3.8, 4) is 0 Å². The van der Waals surface area contributed by atoms with E-state index in [0.717, 1.165) is 50.1 Å². The highest BCUT2D eigenvalue weighted by Gasteiger charge is 2.28. The molecule has 158 valence electrons. The van der Waals surface area contributed by atoms with E-state index in [2.05, 4.69) is 70.0 Å². The normalized spacial score (nSPS) is 21.8. The monoisotopic (exact) mass is 404 g/mol. The van der Waals surface area contributed by atoms with E-state index in [9.17, 15) is 0 Å². The zero-order valence-corrected chi connectivity index (χ0v) is 18.1. The fraction of sp³-hybridized carbons (Fsp3) is 0.480. The molecule has 1 saturated heterocycles. The Morgan fingerprint density at radius 1 is 0.967 bits per heavy atom. The Morgan fingerprint density at radius 2 is 1.73 bits per heavy atom. The molecule has 0 bridgehead atoms. The number of methoxy groups -OCH3 is 1. The maximum atomic E-state index is 5.42. The van der Waals surface area contributed by atoms with Gasteiger partial charge in [-0.25, -0.2) is 4.98 Å². The van der Waals surface area contributed by atoms with Gasteiger partial charge in [-0.2, -0.15) is 0 Å². The first kappa shape index (κ1) is 19.4. The molecule has 5 rings (SSSR count). The van der Waals surface area contributed by atoms with E-state index >= 15 is 0 Å². The lowest BCUT2D eigenvalue weighted by molar-refractivity contribution is -0.00271. The molecule has 0 radical (unpaired) electrons. The number of aryl methyl sites for hydroxylation is 2. The third-order valence-corrected chi connectivity index (χ3v) is 6.96. The molecule has 1 aliphatic carbocycles. The number of pyridine rings is 1. The summed E-state index contributed by atoms with van der Waals surface area (Å²) in [6.07, 6.45) is 6.31. The van der Waals surface area contributed by atoms with Crippen molar-refractivity contribution in [3.05, 3.63) is 54.2 Å². The second-order valence-electron chi connectivity index (χ2n) is 8.84. The number of aromatic nitrogens is 2. The van der Waals surface area contributed by atoms with Gasteiger partial charge in [0.25, 0.3) is 0 Å². The number of rotatable bonds is 6. The topological polar surface area (TPSA) is 33.5 Å². The lowest BCUT2D eigenvalue weighted by atomic mass is 9.80. The molecule has 30 heavy (non-hydrogen) atoms. The van der Waals surface area contributed by atoms with Crippen molar-refractivity contribution in [2.45, 2.75) is 38.8 Å². The number of hydrogen-bond acceptors (Lipinski definition) is 4. The largest absolute Gasteiger partial charge is 0.381 e. The maximum Gasteiger partial charge on any atom is 0.142 e. The molecule has 2 aliphatic rings. The molecule has 0 spiro atoms. The first-order valence-corrected chi connectivity index (χ1v) is 11.3. The molecule has 1 saturated carbocycles. The summed E-state index contributed by atoms with van der Waals surface area (Å²) in [4.78, 5) is 10.0. The number of anilines is 2. The number of benzene rings is 1. The molecule has 0 amide bonds. The summed E-state index contributed by atoms with van der Waals surface area (Å²) in [7, 11) is 1.83. The minimum Gasteiger partial charge on any atom is -0.381 e. The van der Waals surface area contributed by atoms with Crippen LogP contribution >= 0.6 is 0 Å². The first-order valence-electron chi connectivity index (χ1n) is 11.3. The standard InChI is InChI=1S/C25H32N4O/c1-19-5-3-4-6-23(19)27-13-15-28(16-14-27)24-8-7-21-10-12-29(25(21)26-24)11-9-20-17-22(18-20)30-2/h3-8,10,12,20,22H,9,11,13-18H2,1-2H3. The summed E-state index contributed by atoms with van der Waals surface area (Å²) in [6.45, 7) is 7.33.